The third kappa shape index (κ3) is 4.51. The second-order valence-electron chi connectivity index (χ2n) is 3.44. The van der Waals surface area contributed by atoms with Crippen LogP contribution in [0.4, 0.5) is 5.69 Å². The van der Waals surface area contributed by atoms with Crippen LogP contribution < -0.4 is 5.73 Å². The third-order valence-electron chi connectivity index (χ3n) is 1.85. The van der Waals surface area contributed by atoms with Crippen molar-refractivity contribution in [1.82, 2.24) is 0 Å². The van der Waals surface area contributed by atoms with E-state index in [2.05, 4.69) is 4.99 Å². The van der Waals surface area contributed by atoms with Gasteiger partial charge in [0.2, 0.25) is 0 Å². The van der Waals surface area contributed by atoms with Gasteiger partial charge in [-0.05, 0) is 32.1 Å². The summed E-state index contributed by atoms with van der Waals surface area (Å²) in [7, 11) is 0. The summed E-state index contributed by atoms with van der Waals surface area (Å²) in [5, 5.41) is 0. The Balaban J connectivity index is 3.02. The Morgan fingerprint density at radius 1 is 1.41 bits per heavy atom. The molecule has 0 aromatic heterocycles. The maximum absolute atomic E-state index is 11.6. The number of carbonyl (C=O) groups is 1. The van der Waals surface area contributed by atoms with Crippen molar-refractivity contribution in [2.75, 3.05) is 6.61 Å². The highest BCUT2D eigenvalue weighted by Crippen LogP contribution is 2.11. The molecule has 0 spiro atoms. The van der Waals surface area contributed by atoms with Gasteiger partial charge in [-0.25, -0.2) is 9.79 Å². The van der Waals surface area contributed by atoms with E-state index in [1.165, 1.54) is 6.08 Å². The Morgan fingerprint density at radius 3 is 2.59 bits per heavy atom. The standard InChI is InChI=1S/C13H16N2O2/c1-3-17-13(16)12(9-10(2)14)15-11-7-5-4-6-8-11/h4-9H,3,14H2,1-2H3. The number of carbonyl (C=O) groups excluding carboxylic acids is 1. The van der Waals surface area contributed by atoms with Gasteiger partial charge in [-0.3, -0.25) is 0 Å². The maximum Gasteiger partial charge on any atom is 0.356 e. The van der Waals surface area contributed by atoms with E-state index < -0.39 is 5.97 Å². The lowest BCUT2D eigenvalue weighted by Gasteiger charge is -2.02. The number of nitrogens with two attached hydrogens (primary N) is 1. The normalized spacial score (nSPS) is 12.4. The Morgan fingerprint density at radius 2 is 2.06 bits per heavy atom. The minimum atomic E-state index is -0.471. The molecule has 0 heterocycles. The number of allylic oxidation sites excluding steroid dienone is 1. The van der Waals surface area contributed by atoms with Gasteiger partial charge in [0.1, 0.15) is 0 Å². The molecule has 4 nitrogen and oxygen atoms in total. The Labute approximate surface area is 101 Å². The van der Waals surface area contributed by atoms with Gasteiger partial charge in [0.05, 0.1) is 12.3 Å². The first-order valence-corrected chi connectivity index (χ1v) is 5.38. The highest BCUT2D eigenvalue weighted by atomic mass is 16.5. The second-order valence-corrected chi connectivity index (χ2v) is 3.44. The summed E-state index contributed by atoms with van der Waals surface area (Å²) in [5.74, 6) is -0.471. The van der Waals surface area contributed by atoms with Crippen LogP contribution in [0.1, 0.15) is 13.8 Å². The predicted octanol–water partition coefficient (Wildman–Crippen LogP) is 2.18. The number of para-hydroxylation sites is 1. The van der Waals surface area contributed by atoms with Crippen molar-refractivity contribution in [3.63, 3.8) is 0 Å². The molecule has 0 saturated carbocycles. The van der Waals surface area contributed by atoms with Crippen molar-refractivity contribution in [2.24, 2.45) is 10.7 Å². The van der Waals surface area contributed by atoms with Gasteiger partial charge in [-0.15, -0.1) is 0 Å². The minimum absolute atomic E-state index is 0.207. The van der Waals surface area contributed by atoms with E-state index in [1.54, 1.807) is 26.0 Å². The van der Waals surface area contributed by atoms with Gasteiger partial charge in [0.15, 0.2) is 5.71 Å². The molecule has 17 heavy (non-hydrogen) atoms. The van der Waals surface area contributed by atoms with Crippen molar-refractivity contribution < 1.29 is 9.53 Å². The van der Waals surface area contributed by atoms with Crippen LogP contribution in [-0.2, 0) is 9.53 Å². The second kappa shape index (κ2) is 6.48. The van der Waals surface area contributed by atoms with E-state index in [9.17, 15) is 4.79 Å². The average molecular weight is 232 g/mol. The van der Waals surface area contributed by atoms with Crippen LogP contribution in [0.15, 0.2) is 47.1 Å². The van der Waals surface area contributed by atoms with Gasteiger partial charge in [0, 0.05) is 5.70 Å². The van der Waals surface area contributed by atoms with E-state index in [-0.39, 0.29) is 5.71 Å². The molecule has 1 aromatic rings. The Bertz CT molecular complexity index is 432. The zero-order valence-electron chi connectivity index (χ0n) is 10.0. The number of hydrogen-bond acceptors (Lipinski definition) is 4. The van der Waals surface area contributed by atoms with Crippen LogP contribution >= 0.6 is 0 Å². The molecular weight excluding hydrogens is 216 g/mol. The van der Waals surface area contributed by atoms with E-state index in [4.69, 9.17) is 10.5 Å². The fourth-order valence-electron chi connectivity index (χ4n) is 1.20. The average Bonchev–Trinajstić information content (AvgIpc) is 2.29. The number of hydrogen-bond donors (Lipinski definition) is 1. The first-order valence-electron chi connectivity index (χ1n) is 5.38. The van der Waals surface area contributed by atoms with E-state index in [0.29, 0.717) is 18.0 Å². The van der Waals surface area contributed by atoms with Crippen molar-refractivity contribution in [3.8, 4) is 0 Å². The predicted molar refractivity (Wildman–Crippen MR) is 68.1 cm³/mol. The van der Waals surface area contributed by atoms with Crippen molar-refractivity contribution in [3.05, 3.63) is 42.1 Å². The summed E-state index contributed by atoms with van der Waals surface area (Å²) < 4.78 is 4.91. The van der Waals surface area contributed by atoms with Crippen molar-refractivity contribution >= 4 is 17.4 Å². The molecule has 0 aliphatic carbocycles. The molecule has 0 saturated heterocycles. The Hall–Kier alpha value is -2.10. The smallest absolute Gasteiger partial charge is 0.356 e. The SMILES string of the molecule is CCOC(=O)C(C=C(C)N)=Nc1ccccc1. The fraction of sp³-hybridized carbons (Fsp3) is 0.231. The van der Waals surface area contributed by atoms with Gasteiger partial charge in [-0.1, -0.05) is 18.2 Å². The van der Waals surface area contributed by atoms with Crippen molar-refractivity contribution in [2.45, 2.75) is 13.8 Å². The van der Waals surface area contributed by atoms with Crippen molar-refractivity contribution in [1.29, 1.82) is 0 Å². The quantitative estimate of drug-likeness (QED) is 0.639. The number of esters is 1. The molecule has 0 aliphatic heterocycles. The monoisotopic (exact) mass is 232 g/mol. The lowest BCUT2D eigenvalue weighted by atomic mass is 10.3. The molecule has 0 amide bonds. The highest BCUT2D eigenvalue weighted by molar-refractivity contribution is 6.41. The largest absolute Gasteiger partial charge is 0.461 e. The van der Waals surface area contributed by atoms with E-state index in [1.807, 2.05) is 18.2 Å². The molecule has 2 N–H and O–H groups in total. The van der Waals surface area contributed by atoms with Gasteiger partial charge >= 0.3 is 5.97 Å². The molecule has 0 aliphatic rings. The fourth-order valence-corrected chi connectivity index (χ4v) is 1.20. The van der Waals surface area contributed by atoms with Gasteiger partial charge in [-0.2, -0.15) is 0 Å². The first-order chi connectivity index (χ1) is 8.13. The molecule has 0 bridgehead atoms. The molecule has 1 aromatic carbocycles. The summed E-state index contributed by atoms with van der Waals surface area (Å²) in [6.07, 6.45) is 1.50. The zero-order valence-corrected chi connectivity index (χ0v) is 10.0. The van der Waals surface area contributed by atoms with Crippen LogP contribution in [0.3, 0.4) is 0 Å². The highest BCUT2D eigenvalue weighted by Gasteiger charge is 2.09. The minimum Gasteiger partial charge on any atom is -0.461 e. The molecule has 1 rings (SSSR count). The topological polar surface area (TPSA) is 64.7 Å². The molecular formula is C13H16N2O2. The maximum atomic E-state index is 11.6. The summed E-state index contributed by atoms with van der Waals surface area (Å²) in [5.41, 5.74) is 6.96. The van der Waals surface area contributed by atoms with Gasteiger partial charge < -0.3 is 10.5 Å². The number of ether oxygens (including phenoxy) is 1. The van der Waals surface area contributed by atoms with Crippen LogP contribution in [0.25, 0.3) is 0 Å². The molecule has 0 unspecified atom stereocenters. The lowest BCUT2D eigenvalue weighted by Crippen LogP contribution is -2.16. The van der Waals surface area contributed by atoms with E-state index in [0.717, 1.165) is 0 Å². The molecule has 0 radical (unpaired) electrons. The third-order valence-corrected chi connectivity index (χ3v) is 1.85. The molecule has 90 valence electrons. The Kier molecular flexibility index (Phi) is 4.94. The number of benzene rings is 1. The molecule has 0 atom stereocenters. The lowest BCUT2D eigenvalue weighted by molar-refractivity contribution is -0.134. The summed E-state index contributed by atoms with van der Waals surface area (Å²) >= 11 is 0. The van der Waals surface area contributed by atoms with Crippen LogP contribution in [-0.4, -0.2) is 18.3 Å². The number of rotatable bonds is 4. The summed E-state index contributed by atoms with van der Waals surface area (Å²) in [6.45, 7) is 3.75. The zero-order chi connectivity index (χ0) is 12.7. The summed E-state index contributed by atoms with van der Waals surface area (Å²) in [6, 6.07) is 9.19. The van der Waals surface area contributed by atoms with Crippen LogP contribution in [0.2, 0.25) is 0 Å². The van der Waals surface area contributed by atoms with E-state index >= 15 is 0 Å². The van der Waals surface area contributed by atoms with Crippen LogP contribution in [0, 0.1) is 0 Å². The number of nitrogens with zero attached hydrogens (tertiary/aromatic N) is 1. The molecule has 4 heteroatoms. The number of aliphatic imine (C=N–C) groups is 1. The van der Waals surface area contributed by atoms with Crippen LogP contribution in [0.5, 0.6) is 0 Å². The molecule has 0 fully saturated rings. The van der Waals surface area contributed by atoms with Gasteiger partial charge in [0.25, 0.3) is 0 Å². The first kappa shape index (κ1) is 13.0. The summed E-state index contributed by atoms with van der Waals surface area (Å²) in [4.78, 5) is 15.8.